The molecule has 0 heterocycles. The average Bonchev–Trinajstić information content (AvgIpc) is 2.70. The number of thioether (sulfide) groups is 1. The van der Waals surface area contributed by atoms with E-state index in [0.29, 0.717) is 32.4 Å². The lowest BCUT2D eigenvalue weighted by atomic mass is 10.1. The third kappa shape index (κ3) is 7.24. The van der Waals surface area contributed by atoms with Crippen LogP contribution in [-0.2, 0) is 21.9 Å². The van der Waals surface area contributed by atoms with Crippen LogP contribution in [0.2, 0.25) is 20.1 Å². The first kappa shape index (κ1) is 25.2. The highest BCUT2D eigenvalue weighted by molar-refractivity contribution is 7.99. The second-order valence-corrected chi connectivity index (χ2v) is 9.21. The predicted molar refractivity (Wildman–Crippen MR) is 128 cm³/mol. The van der Waals surface area contributed by atoms with Gasteiger partial charge in [-0.25, -0.2) is 0 Å². The minimum absolute atomic E-state index is 0.157. The summed E-state index contributed by atoms with van der Waals surface area (Å²) in [7, 11) is 0. The SMILES string of the molecule is CCNC(=O)[C@@H](C)N(Cc1ccc(Cl)c(Cl)c1)C(=O)CSCc1ccc(Cl)cc1Cl. The van der Waals surface area contributed by atoms with Crippen molar-refractivity contribution >= 4 is 70.0 Å². The summed E-state index contributed by atoms with van der Waals surface area (Å²) in [5, 5.41) is 4.73. The molecule has 2 aromatic rings. The van der Waals surface area contributed by atoms with E-state index in [4.69, 9.17) is 46.4 Å². The predicted octanol–water partition coefficient (Wildman–Crippen LogP) is 6.09. The van der Waals surface area contributed by atoms with Crippen LogP contribution in [0.1, 0.15) is 25.0 Å². The summed E-state index contributed by atoms with van der Waals surface area (Å²) < 4.78 is 0. The highest BCUT2D eigenvalue weighted by Gasteiger charge is 2.26. The number of carbonyl (C=O) groups excluding carboxylic acids is 2. The lowest BCUT2D eigenvalue weighted by Gasteiger charge is -2.28. The minimum atomic E-state index is -0.633. The third-order valence-electron chi connectivity index (χ3n) is 4.35. The molecule has 0 aliphatic rings. The first-order chi connectivity index (χ1) is 14.2. The molecule has 0 unspecified atom stereocenters. The van der Waals surface area contributed by atoms with Crippen molar-refractivity contribution in [1.82, 2.24) is 10.2 Å². The number of carbonyl (C=O) groups is 2. The van der Waals surface area contributed by atoms with Gasteiger partial charge < -0.3 is 10.2 Å². The maximum atomic E-state index is 13.0. The third-order valence-corrected chi connectivity index (χ3v) is 6.65. The van der Waals surface area contributed by atoms with Gasteiger partial charge in [0.15, 0.2) is 0 Å². The molecular formula is C21H22Cl4N2O2S. The number of halogens is 4. The molecule has 30 heavy (non-hydrogen) atoms. The van der Waals surface area contributed by atoms with Gasteiger partial charge in [-0.15, -0.1) is 11.8 Å². The molecule has 0 aliphatic heterocycles. The summed E-state index contributed by atoms with van der Waals surface area (Å²) in [5.74, 6) is 0.383. The Kier molecular flexibility index (Phi) is 10.1. The molecule has 162 valence electrons. The zero-order valence-electron chi connectivity index (χ0n) is 16.6. The quantitative estimate of drug-likeness (QED) is 0.447. The number of nitrogens with one attached hydrogen (secondary N) is 1. The minimum Gasteiger partial charge on any atom is -0.355 e. The Hall–Kier alpha value is -1.11. The van der Waals surface area contributed by atoms with E-state index in [-0.39, 0.29) is 24.1 Å². The Bertz CT molecular complexity index is 911. The first-order valence-electron chi connectivity index (χ1n) is 9.25. The van der Waals surface area contributed by atoms with Gasteiger partial charge in [-0.1, -0.05) is 58.5 Å². The second kappa shape index (κ2) is 12.1. The number of hydrogen-bond donors (Lipinski definition) is 1. The van der Waals surface area contributed by atoms with Gasteiger partial charge in [0.2, 0.25) is 11.8 Å². The van der Waals surface area contributed by atoms with Gasteiger partial charge in [0.1, 0.15) is 6.04 Å². The lowest BCUT2D eigenvalue weighted by molar-refractivity contribution is -0.138. The Morgan fingerprint density at radius 3 is 2.40 bits per heavy atom. The fraction of sp³-hybridized carbons (Fsp3) is 0.333. The van der Waals surface area contributed by atoms with Crippen LogP contribution in [0.5, 0.6) is 0 Å². The molecule has 4 nitrogen and oxygen atoms in total. The van der Waals surface area contributed by atoms with Crippen molar-refractivity contribution in [3.05, 3.63) is 67.6 Å². The smallest absolute Gasteiger partial charge is 0.242 e. The molecule has 0 fully saturated rings. The molecule has 0 spiro atoms. The summed E-state index contributed by atoms with van der Waals surface area (Å²) in [6.45, 7) is 4.28. The number of nitrogens with zero attached hydrogens (tertiary/aromatic N) is 1. The average molecular weight is 508 g/mol. The van der Waals surface area contributed by atoms with Gasteiger partial charge in [-0.3, -0.25) is 9.59 Å². The fourth-order valence-electron chi connectivity index (χ4n) is 2.71. The van der Waals surface area contributed by atoms with Gasteiger partial charge in [-0.05, 0) is 49.2 Å². The Morgan fingerprint density at radius 2 is 1.77 bits per heavy atom. The highest BCUT2D eigenvalue weighted by atomic mass is 35.5. The van der Waals surface area contributed by atoms with E-state index in [1.807, 2.05) is 13.0 Å². The highest BCUT2D eigenvalue weighted by Crippen LogP contribution is 2.26. The topological polar surface area (TPSA) is 49.4 Å². The Labute approximate surface area is 201 Å². The molecule has 0 aromatic heterocycles. The molecule has 0 radical (unpaired) electrons. The summed E-state index contributed by atoms with van der Waals surface area (Å²) in [4.78, 5) is 26.9. The molecule has 2 aromatic carbocycles. The van der Waals surface area contributed by atoms with Crippen LogP contribution < -0.4 is 5.32 Å². The van der Waals surface area contributed by atoms with E-state index in [0.717, 1.165) is 11.1 Å². The van der Waals surface area contributed by atoms with Crippen LogP contribution in [0, 0.1) is 0 Å². The van der Waals surface area contributed by atoms with E-state index in [1.165, 1.54) is 11.8 Å². The van der Waals surface area contributed by atoms with Crippen molar-refractivity contribution in [1.29, 1.82) is 0 Å². The molecule has 1 N–H and O–H groups in total. The van der Waals surface area contributed by atoms with E-state index in [1.54, 1.807) is 42.2 Å². The molecule has 0 saturated carbocycles. The van der Waals surface area contributed by atoms with Crippen molar-refractivity contribution < 1.29 is 9.59 Å². The van der Waals surface area contributed by atoms with Crippen LogP contribution >= 0.6 is 58.2 Å². The van der Waals surface area contributed by atoms with Gasteiger partial charge in [0.25, 0.3) is 0 Å². The fourth-order valence-corrected chi connectivity index (χ4v) is 4.50. The zero-order valence-corrected chi connectivity index (χ0v) is 20.4. The normalized spacial score (nSPS) is 11.8. The number of hydrogen-bond acceptors (Lipinski definition) is 3. The van der Waals surface area contributed by atoms with Gasteiger partial charge >= 0.3 is 0 Å². The summed E-state index contributed by atoms with van der Waals surface area (Å²) >= 11 is 25.6. The summed E-state index contributed by atoms with van der Waals surface area (Å²) in [5.41, 5.74) is 1.69. The van der Waals surface area contributed by atoms with Gasteiger partial charge in [-0.2, -0.15) is 0 Å². The molecule has 9 heteroatoms. The zero-order chi connectivity index (χ0) is 22.3. The van der Waals surface area contributed by atoms with Crippen molar-refractivity contribution in [3.63, 3.8) is 0 Å². The standard InChI is InChI=1S/C21H22Cl4N2O2S/c1-3-26-21(29)13(2)27(10-14-4-7-17(23)19(25)8-14)20(28)12-30-11-15-5-6-16(22)9-18(15)24/h4-9,13H,3,10-12H2,1-2H3,(H,26,29)/t13-/m1/s1. The molecule has 2 amide bonds. The monoisotopic (exact) mass is 506 g/mol. The number of likely N-dealkylation sites (N-methyl/N-ethyl adjacent to an activating group) is 1. The molecule has 0 aliphatic carbocycles. The van der Waals surface area contributed by atoms with Gasteiger partial charge in [0.05, 0.1) is 15.8 Å². The maximum Gasteiger partial charge on any atom is 0.242 e. The maximum absolute atomic E-state index is 13.0. The van der Waals surface area contributed by atoms with Crippen LogP contribution in [0.3, 0.4) is 0 Å². The molecule has 0 bridgehead atoms. The van der Waals surface area contributed by atoms with Crippen molar-refractivity contribution in [3.8, 4) is 0 Å². The van der Waals surface area contributed by atoms with Crippen LogP contribution in [0.25, 0.3) is 0 Å². The van der Waals surface area contributed by atoms with Crippen molar-refractivity contribution in [2.24, 2.45) is 0 Å². The van der Waals surface area contributed by atoms with E-state index >= 15 is 0 Å². The van der Waals surface area contributed by atoms with E-state index in [9.17, 15) is 9.59 Å². The van der Waals surface area contributed by atoms with Crippen molar-refractivity contribution in [2.45, 2.75) is 32.2 Å². The van der Waals surface area contributed by atoms with Crippen LogP contribution in [-0.4, -0.2) is 35.1 Å². The second-order valence-electron chi connectivity index (χ2n) is 6.57. The van der Waals surface area contributed by atoms with Crippen LogP contribution in [0.4, 0.5) is 0 Å². The van der Waals surface area contributed by atoms with Crippen molar-refractivity contribution in [2.75, 3.05) is 12.3 Å². The number of amides is 2. The van der Waals surface area contributed by atoms with Crippen LogP contribution in [0.15, 0.2) is 36.4 Å². The largest absolute Gasteiger partial charge is 0.355 e. The Morgan fingerprint density at radius 1 is 1.03 bits per heavy atom. The number of rotatable bonds is 9. The molecule has 1 atom stereocenters. The molecule has 2 rings (SSSR count). The lowest BCUT2D eigenvalue weighted by Crippen LogP contribution is -2.48. The summed E-state index contributed by atoms with van der Waals surface area (Å²) in [6.07, 6.45) is 0. The molecule has 0 saturated heterocycles. The van der Waals surface area contributed by atoms with E-state index in [2.05, 4.69) is 5.32 Å². The summed E-state index contributed by atoms with van der Waals surface area (Å²) in [6, 6.07) is 9.82. The molecular weight excluding hydrogens is 486 g/mol. The Balaban J connectivity index is 2.10. The number of benzene rings is 2. The first-order valence-corrected chi connectivity index (χ1v) is 11.9. The van der Waals surface area contributed by atoms with E-state index < -0.39 is 6.04 Å². The van der Waals surface area contributed by atoms with Gasteiger partial charge in [0, 0.05) is 28.9 Å².